The number of methoxy groups -OCH3 is 1. The highest BCUT2D eigenvalue weighted by Crippen LogP contribution is 2.16. The Balaban J connectivity index is 3.27. The number of carbonyl (C=O) groups is 3. The average Bonchev–Trinajstić information content (AvgIpc) is 2.46. The maximum atomic E-state index is 11.8. The standard InChI is InChI=1S/C15H20O8Si/c1-5-20-13-6-8-14(9-7-13)24(21-11(2)16,22-12(3)17)23-15(18)10-19-4/h6-9H,5,10H2,1-4H3. The maximum absolute atomic E-state index is 11.8. The van der Waals surface area contributed by atoms with E-state index in [1.807, 2.05) is 6.92 Å². The molecule has 0 amide bonds. The van der Waals surface area contributed by atoms with Gasteiger partial charge in [-0.25, -0.2) is 0 Å². The fourth-order valence-electron chi connectivity index (χ4n) is 1.84. The van der Waals surface area contributed by atoms with E-state index in [4.69, 9.17) is 22.8 Å². The quantitative estimate of drug-likeness (QED) is 0.623. The van der Waals surface area contributed by atoms with Crippen LogP contribution in [0.3, 0.4) is 0 Å². The molecule has 0 aromatic heterocycles. The van der Waals surface area contributed by atoms with Crippen LogP contribution < -0.4 is 9.92 Å². The molecule has 0 aliphatic rings. The zero-order chi connectivity index (χ0) is 18.2. The van der Waals surface area contributed by atoms with Gasteiger partial charge in [0, 0.05) is 21.0 Å². The van der Waals surface area contributed by atoms with E-state index in [-0.39, 0.29) is 11.8 Å². The first-order chi connectivity index (χ1) is 11.3. The van der Waals surface area contributed by atoms with Crippen LogP contribution in [0.25, 0.3) is 0 Å². The van der Waals surface area contributed by atoms with Crippen molar-refractivity contribution in [2.45, 2.75) is 20.8 Å². The van der Waals surface area contributed by atoms with E-state index in [0.29, 0.717) is 12.4 Å². The third-order valence-electron chi connectivity index (χ3n) is 2.59. The topological polar surface area (TPSA) is 97.4 Å². The van der Waals surface area contributed by atoms with Crippen LogP contribution in [0.4, 0.5) is 0 Å². The van der Waals surface area contributed by atoms with Crippen molar-refractivity contribution >= 4 is 31.9 Å². The molecule has 9 heteroatoms. The van der Waals surface area contributed by atoms with Crippen LogP contribution in [0.15, 0.2) is 24.3 Å². The van der Waals surface area contributed by atoms with Gasteiger partial charge in [-0.15, -0.1) is 0 Å². The third kappa shape index (κ3) is 5.67. The fraction of sp³-hybridized carbons (Fsp3) is 0.400. The molecule has 1 aromatic carbocycles. The maximum Gasteiger partial charge on any atom is 0.742 e. The molecule has 0 N–H and O–H groups in total. The number of rotatable bonds is 8. The summed E-state index contributed by atoms with van der Waals surface area (Å²) in [6.45, 7) is 4.18. The largest absolute Gasteiger partial charge is 0.742 e. The van der Waals surface area contributed by atoms with Crippen molar-refractivity contribution in [3.8, 4) is 5.75 Å². The summed E-state index contributed by atoms with van der Waals surface area (Å²) in [4.78, 5) is 34.8. The zero-order valence-corrected chi connectivity index (χ0v) is 15.0. The molecule has 24 heavy (non-hydrogen) atoms. The molecule has 0 bridgehead atoms. The van der Waals surface area contributed by atoms with Crippen LogP contribution in [0.5, 0.6) is 5.75 Å². The lowest BCUT2D eigenvalue weighted by atomic mass is 10.3. The van der Waals surface area contributed by atoms with Crippen molar-refractivity contribution in [2.75, 3.05) is 20.3 Å². The molecule has 0 aliphatic heterocycles. The molecular formula is C15H20O8Si. The Morgan fingerprint density at radius 1 is 0.958 bits per heavy atom. The van der Waals surface area contributed by atoms with E-state index in [0.717, 1.165) is 13.8 Å². The number of ether oxygens (including phenoxy) is 2. The summed E-state index contributed by atoms with van der Waals surface area (Å²) >= 11 is 0. The van der Waals surface area contributed by atoms with Crippen LogP contribution in [0, 0.1) is 0 Å². The predicted octanol–water partition coefficient (Wildman–Crippen LogP) is 0.547. The van der Waals surface area contributed by atoms with E-state index in [1.54, 1.807) is 12.1 Å². The van der Waals surface area contributed by atoms with Gasteiger partial charge >= 0.3 is 14.8 Å². The summed E-state index contributed by atoms with van der Waals surface area (Å²) in [6.07, 6.45) is 0. The molecule has 0 fully saturated rings. The second kappa shape index (κ2) is 9.04. The number of hydrogen-bond acceptors (Lipinski definition) is 8. The Bertz CT molecular complexity index is 568. The van der Waals surface area contributed by atoms with Gasteiger partial charge in [0.25, 0.3) is 11.9 Å². The summed E-state index contributed by atoms with van der Waals surface area (Å²) < 4.78 is 25.6. The van der Waals surface area contributed by atoms with Crippen LogP contribution >= 0.6 is 0 Å². The fourth-order valence-corrected chi connectivity index (χ4v) is 4.01. The summed E-state index contributed by atoms with van der Waals surface area (Å²) in [7, 11) is -2.82. The SMILES string of the molecule is CCOc1ccc([Si](OC(C)=O)(OC(C)=O)OC(=O)COC)cc1. The lowest BCUT2D eigenvalue weighted by Crippen LogP contribution is -2.59. The van der Waals surface area contributed by atoms with E-state index < -0.39 is 26.7 Å². The summed E-state index contributed by atoms with van der Waals surface area (Å²) in [5.41, 5.74) is 0. The van der Waals surface area contributed by atoms with Gasteiger partial charge in [0.2, 0.25) is 0 Å². The van der Waals surface area contributed by atoms with E-state index in [2.05, 4.69) is 0 Å². The Morgan fingerprint density at radius 2 is 1.50 bits per heavy atom. The highest BCUT2D eigenvalue weighted by Gasteiger charge is 2.55. The Kier molecular flexibility index (Phi) is 7.40. The first kappa shape index (κ1) is 19.7. The van der Waals surface area contributed by atoms with Gasteiger partial charge < -0.3 is 22.8 Å². The highest BCUT2D eigenvalue weighted by molar-refractivity contribution is 6.79. The average molecular weight is 356 g/mol. The summed E-state index contributed by atoms with van der Waals surface area (Å²) in [6, 6.07) is 6.22. The smallest absolute Gasteiger partial charge is 0.494 e. The minimum Gasteiger partial charge on any atom is -0.494 e. The van der Waals surface area contributed by atoms with Crippen LogP contribution in [-0.2, 0) is 32.4 Å². The molecule has 0 saturated carbocycles. The number of benzene rings is 1. The number of carbonyl (C=O) groups excluding carboxylic acids is 3. The molecule has 1 rings (SSSR count). The van der Waals surface area contributed by atoms with Gasteiger partial charge in [0.05, 0.1) is 11.8 Å². The van der Waals surface area contributed by atoms with Crippen molar-refractivity contribution in [2.24, 2.45) is 0 Å². The molecule has 1 aromatic rings. The van der Waals surface area contributed by atoms with E-state index in [1.165, 1.54) is 19.2 Å². The predicted molar refractivity (Wildman–Crippen MR) is 84.5 cm³/mol. The monoisotopic (exact) mass is 356 g/mol. The van der Waals surface area contributed by atoms with Crippen LogP contribution in [0.2, 0.25) is 0 Å². The van der Waals surface area contributed by atoms with Crippen molar-refractivity contribution in [1.82, 2.24) is 0 Å². The molecule has 0 heterocycles. The molecule has 0 spiro atoms. The van der Waals surface area contributed by atoms with Crippen molar-refractivity contribution in [3.63, 3.8) is 0 Å². The second-order valence-electron chi connectivity index (χ2n) is 4.61. The second-order valence-corrected chi connectivity index (χ2v) is 6.91. The van der Waals surface area contributed by atoms with E-state index in [9.17, 15) is 14.4 Å². The Hall–Kier alpha value is -2.39. The Morgan fingerprint density at radius 3 is 1.92 bits per heavy atom. The van der Waals surface area contributed by atoms with Crippen LogP contribution in [0.1, 0.15) is 20.8 Å². The van der Waals surface area contributed by atoms with Gasteiger partial charge in [0.15, 0.2) is 0 Å². The summed E-state index contributed by atoms with van der Waals surface area (Å²) in [5, 5.41) is 0.265. The third-order valence-corrected chi connectivity index (χ3v) is 5.23. The van der Waals surface area contributed by atoms with Gasteiger partial charge in [-0.05, 0) is 31.2 Å². The molecule has 0 aliphatic carbocycles. The molecule has 132 valence electrons. The molecule has 0 atom stereocenters. The molecule has 0 saturated heterocycles. The zero-order valence-electron chi connectivity index (χ0n) is 14.0. The number of hydrogen-bond donors (Lipinski definition) is 0. The van der Waals surface area contributed by atoms with E-state index >= 15 is 0 Å². The van der Waals surface area contributed by atoms with Gasteiger partial charge in [-0.1, -0.05) is 0 Å². The van der Waals surface area contributed by atoms with Gasteiger partial charge in [0.1, 0.15) is 12.4 Å². The van der Waals surface area contributed by atoms with Crippen molar-refractivity contribution < 1.29 is 37.1 Å². The lowest BCUT2D eigenvalue weighted by Gasteiger charge is -2.26. The summed E-state index contributed by atoms with van der Waals surface area (Å²) in [5.74, 6) is -1.75. The molecular weight excluding hydrogens is 336 g/mol. The first-order valence-electron chi connectivity index (χ1n) is 7.16. The van der Waals surface area contributed by atoms with Gasteiger partial charge in [-0.2, -0.15) is 0 Å². The highest BCUT2D eigenvalue weighted by atomic mass is 28.4. The molecule has 0 radical (unpaired) electrons. The molecule has 8 nitrogen and oxygen atoms in total. The molecule has 0 unspecified atom stereocenters. The minimum absolute atomic E-state index is 0.265. The van der Waals surface area contributed by atoms with Gasteiger partial charge in [-0.3, -0.25) is 14.4 Å². The minimum atomic E-state index is -4.13. The van der Waals surface area contributed by atoms with Crippen molar-refractivity contribution in [1.29, 1.82) is 0 Å². The normalized spacial score (nSPS) is 10.7. The van der Waals surface area contributed by atoms with Crippen LogP contribution in [-0.4, -0.2) is 47.0 Å². The Labute approximate surface area is 141 Å². The van der Waals surface area contributed by atoms with Crippen molar-refractivity contribution in [3.05, 3.63) is 24.3 Å². The lowest BCUT2D eigenvalue weighted by molar-refractivity contribution is -0.149. The first-order valence-corrected chi connectivity index (χ1v) is 8.88.